The minimum Gasteiger partial charge on any atom is -0.324 e. The van der Waals surface area contributed by atoms with Crippen LogP contribution in [0.2, 0.25) is 0 Å². The average molecular weight is 275 g/mol. The van der Waals surface area contributed by atoms with E-state index in [1.165, 1.54) is 25.7 Å². The number of rotatable bonds is 2. The number of nitrogens with zero attached hydrogens (tertiary/aromatic N) is 4. The minimum absolute atomic E-state index is 0.175. The van der Waals surface area contributed by atoms with Crippen molar-refractivity contribution in [1.29, 1.82) is 0 Å². The molecule has 6 heteroatoms. The lowest BCUT2D eigenvalue weighted by Crippen LogP contribution is -2.14. The second-order valence-corrected chi connectivity index (χ2v) is 6.55. The molecule has 0 saturated heterocycles. The third-order valence-electron chi connectivity index (χ3n) is 4.18. The van der Waals surface area contributed by atoms with E-state index in [2.05, 4.69) is 22.3 Å². The molecule has 5 nitrogen and oxygen atoms in total. The Balaban J connectivity index is 1.70. The second kappa shape index (κ2) is 4.38. The molecule has 2 aromatic heterocycles. The zero-order chi connectivity index (χ0) is 12.8. The minimum atomic E-state index is 0.175. The molecule has 0 radical (unpaired) electrons. The molecule has 19 heavy (non-hydrogen) atoms. The third-order valence-corrected chi connectivity index (χ3v) is 5.22. The van der Waals surface area contributed by atoms with E-state index < -0.39 is 0 Å². The summed E-state index contributed by atoms with van der Waals surface area (Å²) in [5.74, 6) is 1.96. The van der Waals surface area contributed by atoms with Crippen LogP contribution in [-0.4, -0.2) is 25.9 Å². The summed E-state index contributed by atoms with van der Waals surface area (Å²) in [6.07, 6.45) is 10.3. The first-order valence-corrected chi connectivity index (χ1v) is 7.79. The van der Waals surface area contributed by atoms with Gasteiger partial charge in [0.25, 0.3) is 0 Å². The molecule has 4 rings (SSSR count). The zero-order valence-corrected chi connectivity index (χ0v) is 11.5. The second-order valence-electron chi connectivity index (χ2n) is 5.57. The van der Waals surface area contributed by atoms with E-state index in [9.17, 15) is 0 Å². The molecule has 2 N–H and O–H groups in total. The van der Waals surface area contributed by atoms with Crippen LogP contribution in [0.15, 0.2) is 12.2 Å². The van der Waals surface area contributed by atoms with Gasteiger partial charge in [0.05, 0.1) is 0 Å². The van der Waals surface area contributed by atoms with Crippen LogP contribution in [0.3, 0.4) is 0 Å². The van der Waals surface area contributed by atoms with Crippen molar-refractivity contribution in [2.75, 3.05) is 0 Å². The van der Waals surface area contributed by atoms with E-state index in [4.69, 9.17) is 10.8 Å². The van der Waals surface area contributed by atoms with Crippen molar-refractivity contribution in [3.8, 4) is 0 Å². The van der Waals surface area contributed by atoms with Crippen molar-refractivity contribution in [1.82, 2.24) is 19.8 Å². The first kappa shape index (κ1) is 11.5. The van der Waals surface area contributed by atoms with Gasteiger partial charge in [0, 0.05) is 17.9 Å². The fraction of sp³-hybridized carbons (Fsp3) is 0.615. The Morgan fingerprint density at radius 3 is 2.79 bits per heavy atom. The molecule has 0 spiro atoms. The van der Waals surface area contributed by atoms with Crippen molar-refractivity contribution < 1.29 is 0 Å². The Morgan fingerprint density at radius 2 is 2.05 bits per heavy atom. The molecule has 0 aromatic carbocycles. The smallest absolute Gasteiger partial charge is 0.234 e. The maximum atomic E-state index is 5.92. The predicted molar refractivity (Wildman–Crippen MR) is 74.3 cm³/mol. The molecule has 2 heterocycles. The Bertz CT molecular complexity index is 622. The summed E-state index contributed by atoms with van der Waals surface area (Å²) < 4.78 is 1.97. The van der Waals surface area contributed by atoms with Gasteiger partial charge >= 0.3 is 0 Å². The predicted octanol–water partition coefficient (Wildman–Crippen LogP) is 2.21. The van der Waals surface area contributed by atoms with Gasteiger partial charge in [-0.15, -0.1) is 10.2 Å². The highest BCUT2D eigenvalue weighted by molar-refractivity contribution is 7.16. The molecule has 100 valence electrons. The highest BCUT2D eigenvalue weighted by atomic mass is 32.1. The van der Waals surface area contributed by atoms with Crippen molar-refractivity contribution >= 4 is 16.3 Å². The Morgan fingerprint density at radius 1 is 1.21 bits per heavy atom. The van der Waals surface area contributed by atoms with Gasteiger partial charge in [-0.05, 0) is 19.3 Å². The van der Waals surface area contributed by atoms with Gasteiger partial charge in [-0.25, -0.2) is 0 Å². The highest BCUT2D eigenvalue weighted by Gasteiger charge is 2.26. The normalized spacial score (nSPS) is 27.8. The highest BCUT2D eigenvalue weighted by Crippen LogP contribution is 2.35. The summed E-state index contributed by atoms with van der Waals surface area (Å²) in [4.78, 5) is 0.922. The van der Waals surface area contributed by atoms with Crippen LogP contribution in [-0.2, 0) is 0 Å². The van der Waals surface area contributed by atoms with Gasteiger partial charge in [-0.3, -0.25) is 0 Å². The number of fused-ring (bicyclic) bond motifs is 1. The molecule has 2 aliphatic rings. The van der Waals surface area contributed by atoms with Gasteiger partial charge in [0.2, 0.25) is 4.96 Å². The van der Waals surface area contributed by atoms with Crippen LogP contribution in [0.1, 0.15) is 54.8 Å². The molecule has 1 saturated carbocycles. The van der Waals surface area contributed by atoms with Crippen LogP contribution in [0.5, 0.6) is 0 Å². The Kier molecular flexibility index (Phi) is 2.66. The molecule has 0 bridgehead atoms. The molecule has 0 aliphatic heterocycles. The molecule has 2 unspecified atom stereocenters. The SMILES string of the molecule is NC1C=CC(c2nn3c(C4CCCC4)nnc3s2)C1. The van der Waals surface area contributed by atoms with E-state index in [1.807, 2.05) is 4.52 Å². The zero-order valence-electron chi connectivity index (χ0n) is 10.7. The van der Waals surface area contributed by atoms with E-state index in [0.717, 1.165) is 22.2 Å². The van der Waals surface area contributed by atoms with Crippen LogP contribution in [0.25, 0.3) is 4.96 Å². The van der Waals surface area contributed by atoms with Crippen molar-refractivity contribution in [2.24, 2.45) is 5.73 Å². The van der Waals surface area contributed by atoms with E-state index in [-0.39, 0.29) is 6.04 Å². The van der Waals surface area contributed by atoms with Crippen LogP contribution >= 0.6 is 11.3 Å². The molecule has 2 aromatic rings. The first-order chi connectivity index (χ1) is 9.31. The summed E-state index contributed by atoms with van der Waals surface area (Å²) in [6.45, 7) is 0. The first-order valence-electron chi connectivity index (χ1n) is 6.97. The topological polar surface area (TPSA) is 69.1 Å². The largest absolute Gasteiger partial charge is 0.324 e. The van der Waals surface area contributed by atoms with E-state index in [1.54, 1.807) is 11.3 Å². The van der Waals surface area contributed by atoms with Crippen LogP contribution in [0.4, 0.5) is 0 Å². The lowest BCUT2D eigenvalue weighted by Gasteiger charge is -2.05. The average Bonchev–Trinajstić information content (AvgIpc) is 3.11. The standard InChI is InChI=1S/C13H17N5S/c14-10-6-5-9(7-10)12-17-18-11(8-3-1-2-4-8)15-16-13(18)19-12/h5-6,8-10H,1-4,7,14H2. The maximum absolute atomic E-state index is 5.92. The number of allylic oxidation sites excluding steroid dienone is 1. The van der Waals surface area contributed by atoms with Gasteiger partial charge in [0.15, 0.2) is 5.82 Å². The summed E-state index contributed by atoms with van der Waals surface area (Å²) >= 11 is 1.65. The summed E-state index contributed by atoms with van der Waals surface area (Å²) in [6, 6.07) is 0.175. The van der Waals surface area contributed by atoms with Gasteiger partial charge < -0.3 is 5.73 Å². The van der Waals surface area contributed by atoms with Crippen molar-refractivity contribution in [3.05, 3.63) is 23.0 Å². The summed E-state index contributed by atoms with van der Waals surface area (Å²) in [7, 11) is 0. The number of aromatic nitrogens is 4. The number of hydrogen-bond donors (Lipinski definition) is 1. The van der Waals surface area contributed by atoms with Crippen LogP contribution in [0, 0.1) is 0 Å². The summed E-state index contributed by atoms with van der Waals surface area (Å²) in [5, 5.41) is 14.5. The van der Waals surface area contributed by atoms with Crippen molar-refractivity contribution in [3.63, 3.8) is 0 Å². The molecular formula is C13H17N5S. The van der Waals surface area contributed by atoms with Crippen molar-refractivity contribution in [2.45, 2.75) is 50.0 Å². The summed E-state index contributed by atoms with van der Waals surface area (Å²) in [5.41, 5.74) is 5.92. The van der Waals surface area contributed by atoms with E-state index >= 15 is 0 Å². The third kappa shape index (κ3) is 1.90. The molecule has 2 atom stereocenters. The molecular weight excluding hydrogens is 258 g/mol. The van der Waals surface area contributed by atoms with Gasteiger partial charge in [-0.2, -0.15) is 9.61 Å². The number of hydrogen-bond acceptors (Lipinski definition) is 5. The molecule has 2 aliphatic carbocycles. The van der Waals surface area contributed by atoms with E-state index in [0.29, 0.717) is 11.8 Å². The van der Waals surface area contributed by atoms with Crippen LogP contribution < -0.4 is 5.73 Å². The Labute approximate surface area is 115 Å². The quantitative estimate of drug-likeness (QED) is 0.853. The Hall–Kier alpha value is -1.27. The molecule has 1 fully saturated rings. The number of nitrogens with two attached hydrogens (primary N) is 1. The lowest BCUT2D eigenvalue weighted by molar-refractivity contribution is 0.630. The van der Waals surface area contributed by atoms with Gasteiger partial charge in [-0.1, -0.05) is 36.3 Å². The lowest BCUT2D eigenvalue weighted by atomic mass is 10.1. The molecule has 0 amide bonds. The maximum Gasteiger partial charge on any atom is 0.234 e. The fourth-order valence-electron chi connectivity index (χ4n) is 3.15. The van der Waals surface area contributed by atoms with Gasteiger partial charge in [0.1, 0.15) is 5.01 Å². The fourth-order valence-corrected chi connectivity index (χ4v) is 4.08. The monoisotopic (exact) mass is 275 g/mol.